The van der Waals surface area contributed by atoms with E-state index in [2.05, 4.69) is 5.32 Å². The molecule has 0 aromatic carbocycles. The van der Waals surface area contributed by atoms with Crippen molar-refractivity contribution in [1.82, 2.24) is 10.2 Å². The van der Waals surface area contributed by atoms with Crippen LogP contribution in [0.5, 0.6) is 0 Å². The Morgan fingerprint density at radius 1 is 1.43 bits per heavy atom. The molecule has 2 amide bonds. The van der Waals surface area contributed by atoms with E-state index in [1.54, 1.807) is 24.4 Å². The summed E-state index contributed by atoms with van der Waals surface area (Å²) in [4.78, 5) is 37.4. The largest absolute Gasteiger partial charge is 0.480 e. The average molecular weight is 310 g/mol. The number of thiophene rings is 1. The van der Waals surface area contributed by atoms with Gasteiger partial charge < -0.3 is 15.3 Å². The van der Waals surface area contributed by atoms with Gasteiger partial charge in [-0.1, -0.05) is 6.07 Å². The summed E-state index contributed by atoms with van der Waals surface area (Å²) in [6, 6.07) is 1.92. The Balaban J connectivity index is 2.00. The number of carboxylic acids is 1. The molecule has 7 heteroatoms. The highest BCUT2D eigenvalue weighted by Gasteiger charge is 2.34. The number of aliphatic carboxylic acids is 1. The monoisotopic (exact) mass is 310 g/mol. The molecule has 1 aliphatic rings. The van der Waals surface area contributed by atoms with Crippen LogP contribution in [0.2, 0.25) is 0 Å². The lowest BCUT2D eigenvalue weighted by Gasteiger charge is -2.34. The molecule has 6 nitrogen and oxygen atoms in total. The standard InChI is InChI=1S/C14H18N2O4S/c1-9(15-12(17)11-6-4-8-21-11)13(18)16-7-3-2-5-10(16)14(19)20/h4,6,8-10H,2-3,5,7H2,1H3,(H,15,17)(H,19,20)/t9?,10-/m1/s1. The minimum absolute atomic E-state index is 0.310. The summed E-state index contributed by atoms with van der Waals surface area (Å²) in [6.45, 7) is 2.01. The second-order valence-corrected chi connectivity index (χ2v) is 6.00. The van der Waals surface area contributed by atoms with E-state index in [0.717, 1.165) is 12.8 Å². The molecule has 0 radical (unpaired) electrons. The van der Waals surface area contributed by atoms with Gasteiger partial charge in [0.15, 0.2) is 0 Å². The number of carboxylic acid groups (broad SMARTS) is 1. The Morgan fingerprint density at radius 2 is 2.19 bits per heavy atom. The van der Waals surface area contributed by atoms with Crippen molar-refractivity contribution in [3.8, 4) is 0 Å². The van der Waals surface area contributed by atoms with Crippen molar-refractivity contribution in [3.05, 3.63) is 22.4 Å². The van der Waals surface area contributed by atoms with Crippen molar-refractivity contribution in [3.63, 3.8) is 0 Å². The Bertz CT molecular complexity index is 529. The number of carbonyl (C=O) groups excluding carboxylic acids is 2. The van der Waals surface area contributed by atoms with Gasteiger partial charge in [0.05, 0.1) is 4.88 Å². The average Bonchev–Trinajstić information content (AvgIpc) is 3.00. The fourth-order valence-corrected chi connectivity index (χ4v) is 3.06. The highest BCUT2D eigenvalue weighted by molar-refractivity contribution is 7.12. The minimum atomic E-state index is -0.986. The molecule has 1 saturated heterocycles. The second kappa shape index (κ2) is 6.71. The molecule has 0 spiro atoms. The van der Waals surface area contributed by atoms with Gasteiger partial charge >= 0.3 is 5.97 Å². The molecule has 2 heterocycles. The fourth-order valence-electron chi connectivity index (χ4n) is 2.44. The molecule has 2 rings (SSSR count). The highest BCUT2D eigenvalue weighted by Crippen LogP contribution is 2.18. The molecule has 1 fully saturated rings. The van der Waals surface area contributed by atoms with Crippen LogP contribution in [0.4, 0.5) is 0 Å². The maximum atomic E-state index is 12.4. The van der Waals surface area contributed by atoms with Crippen LogP contribution < -0.4 is 5.32 Å². The maximum Gasteiger partial charge on any atom is 0.326 e. The van der Waals surface area contributed by atoms with Crippen LogP contribution in [0.25, 0.3) is 0 Å². The third-order valence-electron chi connectivity index (χ3n) is 3.53. The van der Waals surface area contributed by atoms with Crippen LogP contribution in [0, 0.1) is 0 Å². The first-order valence-electron chi connectivity index (χ1n) is 6.88. The van der Waals surface area contributed by atoms with Crippen LogP contribution in [-0.4, -0.2) is 46.4 Å². The Hall–Kier alpha value is -1.89. The van der Waals surface area contributed by atoms with Crippen molar-refractivity contribution in [2.24, 2.45) is 0 Å². The van der Waals surface area contributed by atoms with Gasteiger partial charge in [0, 0.05) is 6.54 Å². The van der Waals surface area contributed by atoms with Crippen molar-refractivity contribution >= 4 is 29.1 Å². The van der Waals surface area contributed by atoms with Crippen molar-refractivity contribution in [1.29, 1.82) is 0 Å². The number of amides is 2. The quantitative estimate of drug-likeness (QED) is 0.878. The van der Waals surface area contributed by atoms with Gasteiger partial charge in [-0.25, -0.2) is 4.79 Å². The van der Waals surface area contributed by atoms with E-state index in [0.29, 0.717) is 17.8 Å². The van der Waals surface area contributed by atoms with Gasteiger partial charge in [0.25, 0.3) is 5.91 Å². The zero-order valence-electron chi connectivity index (χ0n) is 11.7. The SMILES string of the molecule is CC(NC(=O)c1cccs1)C(=O)N1CCCC[C@@H]1C(=O)O. The van der Waals surface area contributed by atoms with E-state index >= 15 is 0 Å². The summed E-state index contributed by atoms with van der Waals surface area (Å²) < 4.78 is 0. The lowest BCUT2D eigenvalue weighted by Crippen LogP contribution is -2.54. The van der Waals surface area contributed by atoms with Gasteiger partial charge in [-0.2, -0.15) is 0 Å². The number of rotatable bonds is 4. The van der Waals surface area contributed by atoms with Crippen LogP contribution in [0.1, 0.15) is 35.9 Å². The molecule has 1 aliphatic heterocycles. The van der Waals surface area contributed by atoms with Crippen LogP contribution >= 0.6 is 11.3 Å². The molecule has 1 aromatic rings. The van der Waals surface area contributed by atoms with Crippen molar-refractivity contribution in [2.75, 3.05) is 6.54 Å². The predicted molar refractivity (Wildman–Crippen MR) is 78.2 cm³/mol. The zero-order chi connectivity index (χ0) is 15.4. The summed E-state index contributed by atoms with van der Waals surface area (Å²) in [5, 5.41) is 13.6. The Kier molecular flexibility index (Phi) is 4.95. The van der Waals surface area contributed by atoms with Gasteiger partial charge in [0.2, 0.25) is 5.91 Å². The molecule has 21 heavy (non-hydrogen) atoms. The summed E-state index contributed by atoms with van der Waals surface area (Å²) in [6.07, 6.45) is 2.06. The van der Waals surface area contributed by atoms with E-state index in [4.69, 9.17) is 0 Å². The van der Waals surface area contributed by atoms with Gasteiger partial charge in [0.1, 0.15) is 12.1 Å². The molecule has 0 saturated carbocycles. The van der Waals surface area contributed by atoms with Gasteiger partial charge in [-0.15, -0.1) is 11.3 Å². The maximum absolute atomic E-state index is 12.4. The zero-order valence-corrected chi connectivity index (χ0v) is 12.6. The highest BCUT2D eigenvalue weighted by atomic mass is 32.1. The molecule has 114 valence electrons. The molecule has 2 atom stereocenters. The lowest BCUT2D eigenvalue weighted by atomic mass is 10.0. The lowest BCUT2D eigenvalue weighted by molar-refractivity contribution is -0.152. The number of hydrogen-bond acceptors (Lipinski definition) is 4. The van der Waals surface area contributed by atoms with E-state index in [9.17, 15) is 19.5 Å². The van der Waals surface area contributed by atoms with E-state index in [1.807, 2.05) is 0 Å². The van der Waals surface area contributed by atoms with Gasteiger partial charge in [-0.3, -0.25) is 9.59 Å². The van der Waals surface area contributed by atoms with Crippen LogP contribution in [0.3, 0.4) is 0 Å². The fraction of sp³-hybridized carbons (Fsp3) is 0.500. The first-order chi connectivity index (χ1) is 10.0. The smallest absolute Gasteiger partial charge is 0.326 e. The molecular formula is C14H18N2O4S. The molecule has 1 aromatic heterocycles. The molecule has 0 aliphatic carbocycles. The Morgan fingerprint density at radius 3 is 2.81 bits per heavy atom. The molecular weight excluding hydrogens is 292 g/mol. The van der Waals surface area contributed by atoms with E-state index in [1.165, 1.54) is 16.2 Å². The van der Waals surface area contributed by atoms with E-state index in [-0.39, 0.29) is 11.8 Å². The summed E-state index contributed by atoms with van der Waals surface area (Å²) in [7, 11) is 0. The number of hydrogen-bond donors (Lipinski definition) is 2. The number of carbonyl (C=O) groups is 3. The van der Waals surface area contributed by atoms with Crippen molar-refractivity contribution < 1.29 is 19.5 Å². The summed E-state index contributed by atoms with van der Waals surface area (Å²) in [5.74, 6) is -1.64. The third-order valence-corrected chi connectivity index (χ3v) is 4.40. The topological polar surface area (TPSA) is 86.7 Å². The normalized spacial score (nSPS) is 19.9. The van der Waals surface area contributed by atoms with Crippen molar-refractivity contribution in [2.45, 2.75) is 38.3 Å². The van der Waals surface area contributed by atoms with Gasteiger partial charge in [-0.05, 0) is 37.6 Å². The second-order valence-electron chi connectivity index (χ2n) is 5.05. The Labute approximate surface area is 126 Å². The number of likely N-dealkylation sites (tertiary alicyclic amines) is 1. The predicted octanol–water partition coefficient (Wildman–Crippen LogP) is 1.33. The van der Waals surface area contributed by atoms with Crippen LogP contribution in [-0.2, 0) is 9.59 Å². The minimum Gasteiger partial charge on any atom is -0.480 e. The number of piperidine rings is 1. The summed E-state index contributed by atoms with van der Waals surface area (Å²) >= 11 is 1.29. The summed E-state index contributed by atoms with van der Waals surface area (Å²) in [5.41, 5.74) is 0. The van der Waals surface area contributed by atoms with Crippen LogP contribution in [0.15, 0.2) is 17.5 Å². The van der Waals surface area contributed by atoms with E-state index < -0.39 is 18.1 Å². The third kappa shape index (κ3) is 3.60. The number of nitrogens with zero attached hydrogens (tertiary/aromatic N) is 1. The molecule has 0 bridgehead atoms. The first-order valence-corrected chi connectivity index (χ1v) is 7.76. The first kappa shape index (κ1) is 15.5. The molecule has 1 unspecified atom stereocenters. The molecule has 2 N–H and O–H groups in total. The number of nitrogens with one attached hydrogen (secondary N) is 1.